The molecule has 0 bridgehead atoms. The van der Waals surface area contributed by atoms with Crippen molar-refractivity contribution in [3.63, 3.8) is 0 Å². The van der Waals surface area contributed by atoms with Gasteiger partial charge in [0.1, 0.15) is 0 Å². The molecule has 1 aliphatic heterocycles. The summed E-state index contributed by atoms with van der Waals surface area (Å²) in [5.74, 6) is 0.707. The van der Waals surface area contributed by atoms with E-state index in [0.717, 1.165) is 19.4 Å². The van der Waals surface area contributed by atoms with Gasteiger partial charge in [-0.2, -0.15) is 0 Å². The van der Waals surface area contributed by atoms with E-state index in [9.17, 15) is 4.79 Å². The van der Waals surface area contributed by atoms with Crippen LogP contribution in [0.25, 0.3) is 0 Å². The van der Waals surface area contributed by atoms with Crippen molar-refractivity contribution in [3.05, 3.63) is 0 Å². The number of rotatable bonds is 5. The summed E-state index contributed by atoms with van der Waals surface area (Å²) in [5.41, 5.74) is 5.90. The maximum Gasteiger partial charge on any atom is 0.239 e. The van der Waals surface area contributed by atoms with Gasteiger partial charge in [0.15, 0.2) is 0 Å². The van der Waals surface area contributed by atoms with Gasteiger partial charge in [0.05, 0.1) is 6.04 Å². The number of methoxy groups -OCH3 is 1. The topological polar surface area (TPSA) is 55.6 Å². The zero-order chi connectivity index (χ0) is 12.1. The van der Waals surface area contributed by atoms with Gasteiger partial charge in [-0.15, -0.1) is 0 Å². The smallest absolute Gasteiger partial charge is 0.239 e. The van der Waals surface area contributed by atoms with Crippen molar-refractivity contribution < 1.29 is 9.53 Å². The number of nitrogens with two attached hydrogens (primary N) is 1. The van der Waals surface area contributed by atoms with Crippen LogP contribution in [0.15, 0.2) is 0 Å². The molecule has 4 heteroatoms. The number of carbonyl (C=O) groups is 1. The van der Waals surface area contributed by atoms with Crippen molar-refractivity contribution in [3.8, 4) is 0 Å². The van der Waals surface area contributed by atoms with Gasteiger partial charge in [-0.05, 0) is 32.1 Å². The summed E-state index contributed by atoms with van der Waals surface area (Å²) in [6, 6.07) is -0.0149. The molecular weight excluding hydrogens is 204 g/mol. The van der Waals surface area contributed by atoms with E-state index >= 15 is 0 Å². The van der Waals surface area contributed by atoms with E-state index in [0.29, 0.717) is 25.0 Å². The van der Waals surface area contributed by atoms with Crippen LogP contribution in [0, 0.1) is 5.92 Å². The van der Waals surface area contributed by atoms with Crippen LogP contribution in [-0.2, 0) is 9.53 Å². The van der Waals surface area contributed by atoms with E-state index in [1.54, 1.807) is 7.11 Å². The first kappa shape index (κ1) is 13.5. The number of nitrogens with zero attached hydrogens (tertiary/aromatic N) is 1. The second kappa shape index (κ2) is 6.21. The fourth-order valence-corrected chi connectivity index (χ4v) is 2.39. The predicted molar refractivity (Wildman–Crippen MR) is 64.0 cm³/mol. The van der Waals surface area contributed by atoms with E-state index in [1.807, 2.05) is 4.90 Å². The average molecular weight is 228 g/mol. The molecule has 1 rings (SSSR count). The van der Waals surface area contributed by atoms with E-state index in [2.05, 4.69) is 13.8 Å². The molecule has 1 aliphatic rings. The van der Waals surface area contributed by atoms with Gasteiger partial charge < -0.3 is 15.4 Å². The zero-order valence-electron chi connectivity index (χ0n) is 10.6. The summed E-state index contributed by atoms with van der Waals surface area (Å²) in [5, 5.41) is 0. The van der Waals surface area contributed by atoms with Gasteiger partial charge in [-0.3, -0.25) is 4.79 Å². The van der Waals surface area contributed by atoms with Gasteiger partial charge in [0, 0.05) is 26.3 Å². The molecule has 1 fully saturated rings. The SMILES string of the molecule is COCCCC(N)C(=O)N1CC(C)CC1C. The van der Waals surface area contributed by atoms with Crippen LogP contribution >= 0.6 is 0 Å². The molecule has 1 heterocycles. The number of hydrogen-bond donors (Lipinski definition) is 1. The molecule has 3 atom stereocenters. The van der Waals surface area contributed by atoms with Crippen LogP contribution in [0.5, 0.6) is 0 Å². The summed E-state index contributed by atoms with van der Waals surface area (Å²) in [7, 11) is 1.66. The minimum atomic E-state index is -0.358. The van der Waals surface area contributed by atoms with Crippen LogP contribution < -0.4 is 5.73 Å². The zero-order valence-corrected chi connectivity index (χ0v) is 10.6. The summed E-state index contributed by atoms with van der Waals surface area (Å²) in [4.78, 5) is 14.0. The fourth-order valence-electron chi connectivity index (χ4n) is 2.39. The third kappa shape index (κ3) is 3.46. The lowest BCUT2D eigenvalue weighted by atomic mass is 10.1. The third-order valence-corrected chi connectivity index (χ3v) is 3.25. The van der Waals surface area contributed by atoms with E-state index < -0.39 is 0 Å². The Morgan fingerprint density at radius 3 is 2.75 bits per heavy atom. The molecule has 0 aromatic carbocycles. The molecule has 0 radical (unpaired) electrons. The Kier molecular flexibility index (Phi) is 5.22. The molecule has 4 nitrogen and oxygen atoms in total. The lowest BCUT2D eigenvalue weighted by molar-refractivity contribution is -0.133. The van der Waals surface area contributed by atoms with E-state index in [4.69, 9.17) is 10.5 Å². The Labute approximate surface area is 98.1 Å². The highest BCUT2D eigenvalue weighted by Gasteiger charge is 2.32. The Morgan fingerprint density at radius 2 is 2.25 bits per heavy atom. The third-order valence-electron chi connectivity index (χ3n) is 3.25. The van der Waals surface area contributed by atoms with E-state index in [-0.39, 0.29) is 11.9 Å². The maximum atomic E-state index is 12.1. The van der Waals surface area contributed by atoms with Gasteiger partial charge >= 0.3 is 0 Å². The molecule has 0 aromatic heterocycles. The first-order chi connectivity index (χ1) is 7.56. The number of carbonyl (C=O) groups excluding carboxylic acids is 1. The predicted octanol–water partition coefficient (Wildman–Crippen LogP) is 0.997. The first-order valence-electron chi connectivity index (χ1n) is 6.11. The van der Waals surface area contributed by atoms with Crippen molar-refractivity contribution in [2.75, 3.05) is 20.3 Å². The van der Waals surface area contributed by atoms with Gasteiger partial charge in [0.25, 0.3) is 0 Å². The Bertz CT molecular complexity index is 233. The van der Waals surface area contributed by atoms with Crippen LogP contribution in [0.1, 0.15) is 33.1 Å². The average Bonchev–Trinajstić information content (AvgIpc) is 2.57. The number of ether oxygens (including phenoxy) is 1. The van der Waals surface area contributed by atoms with Crippen molar-refractivity contribution in [2.45, 2.75) is 45.2 Å². The molecule has 16 heavy (non-hydrogen) atoms. The van der Waals surface area contributed by atoms with Gasteiger partial charge in [-0.1, -0.05) is 6.92 Å². The highest BCUT2D eigenvalue weighted by Crippen LogP contribution is 2.23. The van der Waals surface area contributed by atoms with Crippen molar-refractivity contribution >= 4 is 5.91 Å². The number of likely N-dealkylation sites (tertiary alicyclic amines) is 1. The molecule has 0 aliphatic carbocycles. The Balaban J connectivity index is 2.38. The van der Waals surface area contributed by atoms with Crippen LogP contribution in [0.2, 0.25) is 0 Å². The molecular formula is C12H24N2O2. The van der Waals surface area contributed by atoms with Gasteiger partial charge in [0.2, 0.25) is 5.91 Å². The van der Waals surface area contributed by atoms with Crippen LogP contribution in [-0.4, -0.2) is 43.2 Å². The fraction of sp³-hybridized carbons (Fsp3) is 0.917. The molecule has 94 valence electrons. The molecule has 2 N–H and O–H groups in total. The summed E-state index contributed by atoms with van der Waals surface area (Å²) >= 11 is 0. The van der Waals surface area contributed by atoms with Crippen LogP contribution in [0.3, 0.4) is 0 Å². The highest BCUT2D eigenvalue weighted by molar-refractivity contribution is 5.82. The molecule has 0 saturated carbocycles. The minimum absolute atomic E-state index is 0.105. The van der Waals surface area contributed by atoms with E-state index in [1.165, 1.54) is 0 Å². The highest BCUT2D eigenvalue weighted by atomic mass is 16.5. The molecule has 1 amide bonds. The summed E-state index contributed by atoms with van der Waals surface area (Å²) in [6.07, 6.45) is 2.65. The number of hydrogen-bond acceptors (Lipinski definition) is 3. The Hall–Kier alpha value is -0.610. The minimum Gasteiger partial charge on any atom is -0.385 e. The quantitative estimate of drug-likeness (QED) is 0.714. The van der Waals surface area contributed by atoms with Crippen LogP contribution in [0.4, 0.5) is 0 Å². The normalized spacial score (nSPS) is 27.1. The summed E-state index contributed by atoms with van der Waals surface area (Å²) < 4.78 is 4.96. The second-order valence-corrected chi connectivity index (χ2v) is 4.92. The standard InChI is InChI=1S/C12H24N2O2/c1-9-7-10(2)14(8-9)12(15)11(13)5-4-6-16-3/h9-11H,4-8,13H2,1-3H3. The lowest BCUT2D eigenvalue weighted by Gasteiger charge is -2.25. The van der Waals surface area contributed by atoms with Crippen molar-refractivity contribution in [2.24, 2.45) is 11.7 Å². The number of amides is 1. The van der Waals surface area contributed by atoms with Crippen molar-refractivity contribution in [1.29, 1.82) is 0 Å². The largest absolute Gasteiger partial charge is 0.385 e. The first-order valence-corrected chi connectivity index (χ1v) is 6.11. The molecule has 0 spiro atoms. The van der Waals surface area contributed by atoms with Gasteiger partial charge in [-0.25, -0.2) is 0 Å². The van der Waals surface area contributed by atoms with Crippen molar-refractivity contribution in [1.82, 2.24) is 4.90 Å². The molecule has 1 saturated heterocycles. The lowest BCUT2D eigenvalue weighted by Crippen LogP contribution is -2.45. The summed E-state index contributed by atoms with van der Waals surface area (Å²) in [6.45, 7) is 5.81. The molecule has 0 aromatic rings. The Morgan fingerprint density at radius 1 is 1.56 bits per heavy atom. The molecule has 3 unspecified atom stereocenters. The monoisotopic (exact) mass is 228 g/mol. The second-order valence-electron chi connectivity index (χ2n) is 4.92. The maximum absolute atomic E-state index is 12.1.